The third-order valence-electron chi connectivity index (χ3n) is 7.97. The highest BCUT2D eigenvalue weighted by molar-refractivity contribution is 6.42. The maximum absolute atomic E-state index is 13.2. The SMILES string of the molecule is Cc1cc(C)cc(-c2cc3c4c(ccc5c6ccc7c8c(ccc(c2c45)c86)C(=O)NC7=O)C(=O)NC3=O)c1. The molecular weight excluding hydrogens is 476 g/mol. The first-order valence-corrected chi connectivity index (χ1v) is 12.4. The summed E-state index contributed by atoms with van der Waals surface area (Å²) in [7, 11) is 0. The standard InChI is InChI=1S/C32H18N2O4/c1-13-9-14(2)11-15(10-13)22-12-23-27-21(31(37)34-32(23)38)7-4-17-16-3-6-19-26-20(30(36)33-29(19)35)8-5-18(24(16)26)25(22)28(17)27/h3-12H,1-2H3,(H,33,35,36)(H,34,37,38). The lowest BCUT2D eigenvalue weighted by Gasteiger charge is -2.25. The Hall–Kier alpha value is -5.10. The summed E-state index contributed by atoms with van der Waals surface area (Å²) in [4.78, 5) is 51.7. The normalized spacial score (nSPS) is 14.7. The van der Waals surface area contributed by atoms with Gasteiger partial charge in [-0.3, -0.25) is 29.8 Å². The van der Waals surface area contributed by atoms with E-state index in [1.807, 2.05) is 38.1 Å². The van der Waals surface area contributed by atoms with Crippen molar-refractivity contribution in [2.75, 3.05) is 0 Å². The number of carbonyl (C=O) groups excluding carboxylic acids is 4. The highest BCUT2D eigenvalue weighted by atomic mass is 16.2. The Morgan fingerprint density at radius 3 is 1.47 bits per heavy atom. The van der Waals surface area contributed by atoms with Gasteiger partial charge in [0, 0.05) is 33.0 Å². The van der Waals surface area contributed by atoms with Crippen LogP contribution in [0.5, 0.6) is 0 Å². The molecule has 2 heterocycles. The molecule has 2 N–H and O–H groups in total. The zero-order valence-electron chi connectivity index (χ0n) is 20.4. The number of carbonyl (C=O) groups is 4. The van der Waals surface area contributed by atoms with Gasteiger partial charge in [0.15, 0.2) is 0 Å². The van der Waals surface area contributed by atoms with Gasteiger partial charge in [0.25, 0.3) is 23.6 Å². The minimum Gasteiger partial charge on any atom is -0.288 e. The molecule has 6 aromatic carbocycles. The lowest BCUT2D eigenvalue weighted by molar-refractivity contribution is 0.0828. The fourth-order valence-electron chi connectivity index (χ4n) is 6.58. The molecule has 0 radical (unpaired) electrons. The summed E-state index contributed by atoms with van der Waals surface area (Å²) in [6.07, 6.45) is 0. The van der Waals surface area contributed by atoms with Gasteiger partial charge in [-0.25, -0.2) is 0 Å². The van der Waals surface area contributed by atoms with Crippen molar-refractivity contribution < 1.29 is 19.2 Å². The van der Waals surface area contributed by atoms with Gasteiger partial charge in [0.1, 0.15) is 0 Å². The Balaban J connectivity index is 1.71. The second kappa shape index (κ2) is 6.81. The van der Waals surface area contributed by atoms with Gasteiger partial charge in [-0.1, -0.05) is 47.5 Å². The van der Waals surface area contributed by atoms with E-state index in [-0.39, 0.29) is 0 Å². The van der Waals surface area contributed by atoms with Gasteiger partial charge in [-0.05, 0) is 81.6 Å². The van der Waals surface area contributed by atoms with E-state index in [0.717, 1.165) is 54.6 Å². The Morgan fingerprint density at radius 1 is 0.421 bits per heavy atom. The zero-order chi connectivity index (χ0) is 26.0. The fraction of sp³-hybridized carbons (Fsp3) is 0.0625. The number of amides is 4. The number of hydrogen-bond acceptors (Lipinski definition) is 4. The molecule has 2 aliphatic heterocycles. The van der Waals surface area contributed by atoms with Crippen LogP contribution in [0.4, 0.5) is 0 Å². The molecule has 6 heteroatoms. The molecule has 0 unspecified atom stereocenters. The van der Waals surface area contributed by atoms with E-state index in [1.54, 1.807) is 18.2 Å². The van der Waals surface area contributed by atoms with Crippen LogP contribution >= 0.6 is 0 Å². The first-order chi connectivity index (χ1) is 18.3. The molecule has 0 bridgehead atoms. The van der Waals surface area contributed by atoms with Crippen LogP contribution in [0.3, 0.4) is 0 Å². The van der Waals surface area contributed by atoms with E-state index in [0.29, 0.717) is 33.0 Å². The zero-order valence-corrected chi connectivity index (χ0v) is 20.4. The van der Waals surface area contributed by atoms with Gasteiger partial charge >= 0.3 is 0 Å². The van der Waals surface area contributed by atoms with Crippen LogP contribution in [0.15, 0.2) is 60.7 Å². The number of imide groups is 2. The number of fused-ring (bicyclic) bond motifs is 2. The number of hydrogen-bond donors (Lipinski definition) is 2. The third-order valence-corrected chi connectivity index (χ3v) is 7.97. The largest absolute Gasteiger partial charge is 0.288 e. The summed E-state index contributed by atoms with van der Waals surface area (Å²) in [5.41, 5.74) is 5.81. The summed E-state index contributed by atoms with van der Waals surface area (Å²) in [5.74, 6) is -1.68. The van der Waals surface area contributed by atoms with Crippen LogP contribution in [0.2, 0.25) is 0 Å². The van der Waals surface area contributed by atoms with Gasteiger partial charge in [-0.15, -0.1) is 0 Å². The van der Waals surface area contributed by atoms with Crippen molar-refractivity contribution in [1.29, 1.82) is 0 Å². The van der Waals surface area contributed by atoms with Crippen molar-refractivity contribution in [1.82, 2.24) is 10.6 Å². The molecule has 0 saturated carbocycles. The van der Waals surface area contributed by atoms with Crippen molar-refractivity contribution in [2.24, 2.45) is 0 Å². The highest BCUT2D eigenvalue weighted by Gasteiger charge is 2.32. The lowest BCUT2D eigenvalue weighted by Crippen LogP contribution is -2.35. The van der Waals surface area contributed by atoms with Crippen LogP contribution in [0.1, 0.15) is 52.6 Å². The minimum atomic E-state index is -0.421. The maximum atomic E-state index is 13.2. The average molecular weight is 495 g/mol. The van der Waals surface area contributed by atoms with Crippen LogP contribution in [-0.4, -0.2) is 23.6 Å². The average Bonchev–Trinajstić information content (AvgIpc) is 2.88. The predicted molar refractivity (Wildman–Crippen MR) is 146 cm³/mol. The van der Waals surface area contributed by atoms with Crippen molar-refractivity contribution in [3.8, 4) is 11.1 Å². The summed E-state index contributed by atoms with van der Waals surface area (Å²) >= 11 is 0. The first-order valence-electron chi connectivity index (χ1n) is 12.4. The smallest absolute Gasteiger partial charge is 0.258 e. The van der Waals surface area contributed by atoms with E-state index in [1.165, 1.54) is 0 Å². The van der Waals surface area contributed by atoms with E-state index in [2.05, 4.69) is 28.8 Å². The summed E-state index contributed by atoms with van der Waals surface area (Å²) < 4.78 is 0. The molecule has 0 spiro atoms. The molecule has 4 amide bonds. The summed E-state index contributed by atoms with van der Waals surface area (Å²) in [6, 6.07) is 19.1. The third kappa shape index (κ3) is 2.46. The Labute approximate surface area is 215 Å². The van der Waals surface area contributed by atoms with Crippen molar-refractivity contribution in [3.63, 3.8) is 0 Å². The molecule has 180 valence electrons. The van der Waals surface area contributed by atoms with Crippen LogP contribution in [-0.2, 0) is 0 Å². The molecule has 0 atom stereocenters. The van der Waals surface area contributed by atoms with Crippen molar-refractivity contribution in [2.45, 2.75) is 13.8 Å². The highest BCUT2D eigenvalue weighted by Crippen LogP contribution is 2.48. The molecule has 0 aliphatic carbocycles. The number of nitrogens with one attached hydrogen (secondary N) is 2. The number of rotatable bonds is 1. The van der Waals surface area contributed by atoms with Crippen LogP contribution < -0.4 is 10.6 Å². The van der Waals surface area contributed by atoms with Crippen LogP contribution in [0, 0.1) is 13.8 Å². The summed E-state index contributed by atoms with van der Waals surface area (Å²) in [5, 5.41) is 11.3. The molecule has 2 aliphatic rings. The summed E-state index contributed by atoms with van der Waals surface area (Å²) in [6.45, 7) is 4.07. The van der Waals surface area contributed by atoms with Gasteiger partial charge in [-0.2, -0.15) is 0 Å². The second-order valence-corrected chi connectivity index (χ2v) is 10.3. The molecule has 6 nitrogen and oxygen atoms in total. The Morgan fingerprint density at radius 2 is 0.895 bits per heavy atom. The minimum absolute atomic E-state index is 0.418. The topological polar surface area (TPSA) is 92.3 Å². The van der Waals surface area contributed by atoms with Crippen LogP contribution in [0.25, 0.3) is 54.2 Å². The van der Waals surface area contributed by atoms with E-state index >= 15 is 0 Å². The molecule has 0 fully saturated rings. The number of benzene rings is 6. The number of aryl methyl sites for hydroxylation is 2. The predicted octanol–water partition coefficient (Wildman–Crippen LogP) is 5.79. The maximum Gasteiger partial charge on any atom is 0.258 e. The molecule has 8 rings (SSSR count). The quantitative estimate of drug-likeness (QED) is 0.172. The van der Waals surface area contributed by atoms with Gasteiger partial charge in [0.2, 0.25) is 0 Å². The van der Waals surface area contributed by atoms with E-state index < -0.39 is 23.6 Å². The molecule has 38 heavy (non-hydrogen) atoms. The van der Waals surface area contributed by atoms with Gasteiger partial charge < -0.3 is 0 Å². The fourth-order valence-corrected chi connectivity index (χ4v) is 6.58. The lowest BCUT2D eigenvalue weighted by atomic mass is 9.80. The van der Waals surface area contributed by atoms with Crippen molar-refractivity contribution >= 4 is 66.7 Å². The second-order valence-electron chi connectivity index (χ2n) is 10.3. The first kappa shape index (κ1) is 21.0. The van der Waals surface area contributed by atoms with E-state index in [4.69, 9.17) is 0 Å². The Bertz CT molecular complexity index is 2130. The molecule has 0 aromatic heterocycles. The molecule has 6 aromatic rings. The Kier molecular flexibility index (Phi) is 3.77. The van der Waals surface area contributed by atoms with Gasteiger partial charge in [0.05, 0.1) is 0 Å². The molecule has 0 saturated heterocycles. The monoisotopic (exact) mass is 494 g/mol. The van der Waals surface area contributed by atoms with Crippen molar-refractivity contribution in [3.05, 3.63) is 94.0 Å². The van der Waals surface area contributed by atoms with E-state index in [9.17, 15) is 19.2 Å². The molecular formula is C32H18N2O4.